The molecular formula is C19H17N3O4S. The van der Waals surface area contributed by atoms with Crippen LogP contribution in [0.15, 0.2) is 53.9 Å². The molecule has 1 aliphatic heterocycles. The van der Waals surface area contributed by atoms with Crippen molar-refractivity contribution in [2.75, 3.05) is 26.1 Å². The molecule has 0 saturated heterocycles. The van der Waals surface area contributed by atoms with Crippen LogP contribution in [-0.4, -0.2) is 46.6 Å². The number of hydrogen-bond donors (Lipinski definition) is 0. The van der Waals surface area contributed by atoms with E-state index in [0.29, 0.717) is 41.2 Å². The van der Waals surface area contributed by atoms with Crippen LogP contribution in [0.1, 0.15) is 10.4 Å². The number of para-hydroxylation sites is 2. The maximum absolute atomic E-state index is 12.6. The second kappa shape index (κ2) is 7.71. The maximum Gasteiger partial charge on any atom is 0.196 e. The molecule has 0 radical (unpaired) electrons. The van der Waals surface area contributed by atoms with Gasteiger partial charge in [0.25, 0.3) is 0 Å². The molecule has 0 atom stereocenters. The van der Waals surface area contributed by atoms with Gasteiger partial charge in [-0.05, 0) is 30.3 Å². The minimum Gasteiger partial charge on any atom is -0.495 e. The second-order valence-electron chi connectivity index (χ2n) is 5.73. The molecule has 4 rings (SSSR count). The lowest BCUT2D eigenvalue weighted by molar-refractivity contribution is 0.102. The van der Waals surface area contributed by atoms with Crippen LogP contribution < -0.4 is 14.2 Å². The number of methoxy groups -OCH3 is 1. The van der Waals surface area contributed by atoms with Crippen molar-refractivity contribution in [3.63, 3.8) is 0 Å². The molecule has 0 spiro atoms. The molecular weight excluding hydrogens is 366 g/mol. The van der Waals surface area contributed by atoms with Crippen molar-refractivity contribution >= 4 is 17.5 Å². The summed E-state index contributed by atoms with van der Waals surface area (Å²) in [6, 6.07) is 12.8. The lowest BCUT2D eigenvalue weighted by atomic mass is 10.1. The fourth-order valence-electron chi connectivity index (χ4n) is 2.75. The number of hydrogen-bond acceptors (Lipinski definition) is 7. The van der Waals surface area contributed by atoms with Gasteiger partial charge in [-0.25, -0.2) is 0 Å². The molecule has 27 heavy (non-hydrogen) atoms. The SMILES string of the molecule is COc1ccccc1-n1cnnc1SCC(=O)c1ccc2c(c1)OCCO2. The summed E-state index contributed by atoms with van der Waals surface area (Å²) in [5, 5.41) is 8.71. The molecule has 7 nitrogen and oxygen atoms in total. The van der Waals surface area contributed by atoms with Gasteiger partial charge >= 0.3 is 0 Å². The predicted molar refractivity (Wildman–Crippen MR) is 100 cm³/mol. The highest BCUT2D eigenvalue weighted by atomic mass is 32.2. The number of ether oxygens (including phenoxy) is 3. The molecule has 1 aliphatic rings. The van der Waals surface area contributed by atoms with E-state index >= 15 is 0 Å². The number of benzene rings is 2. The highest BCUT2D eigenvalue weighted by Gasteiger charge is 2.17. The van der Waals surface area contributed by atoms with E-state index in [1.54, 1.807) is 36.2 Å². The molecule has 1 aromatic heterocycles. The van der Waals surface area contributed by atoms with Crippen LogP contribution in [0.25, 0.3) is 5.69 Å². The Labute approximate surface area is 160 Å². The van der Waals surface area contributed by atoms with Gasteiger partial charge in [-0.3, -0.25) is 9.36 Å². The van der Waals surface area contributed by atoms with Gasteiger partial charge in [0.1, 0.15) is 25.3 Å². The lowest BCUT2D eigenvalue weighted by Crippen LogP contribution is -2.16. The highest BCUT2D eigenvalue weighted by Crippen LogP contribution is 2.32. The minimum atomic E-state index is -0.0217. The van der Waals surface area contributed by atoms with Gasteiger partial charge in [-0.2, -0.15) is 0 Å². The Kier molecular flexibility index (Phi) is 4.97. The molecule has 0 amide bonds. The predicted octanol–water partition coefficient (Wildman–Crippen LogP) is 3.02. The second-order valence-corrected chi connectivity index (χ2v) is 6.67. The number of carbonyl (C=O) groups excluding carboxylic acids is 1. The van der Waals surface area contributed by atoms with Gasteiger partial charge < -0.3 is 14.2 Å². The van der Waals surface area contributed by atoms with Gasteiger partial charge in [-0.15, -0.1) is 10.2 Å². The van der Waals surface area contributed by atoms with Gasteiger partial charge in [0.2, 0.25) is 0 Å². The average molecular weight is 383 g/mol. The van der Waals surface area contributed by atoms with E-state index in [-0.39, 0.29) is 11.5 Å². The molecule has 2 aromatic carbocycles. The zero-order valence-corrected chi connectivity index (χ0v) is 15.4. The van der Waals surface area contributed by atoms with Crippen molar-refractivity contribution in [2.24, 2.45) is 0 Å². The van der Waals surface area contributed by atoms with Gasteiger partial charge in [0.15, 0.2) is 22.4 Å². The number of aromatic nitrogens is 3. The van der Waals surface area contributed by atoms with E-state index in [4.69, 9.17) is 14.2 Å². The van der Waals surface area contributed by atoms with Crippen molar-refractivity contribution in [1.82, 2.24) is 14.8 Å². The smallest absolute Gasteiger partial charge is 0.196 e. The number of rotatable bonds is 6. The Morgan fingerprint density at radius 3 is 2.85 bits per heavy atom. The molecule has 0 N–H and O–H groups in total. The van der Waals surface area contributed by atoms with Crippen molar-refractivity contribution in [3.8, 4) is 22.9 Å². The monoisotopic (exact) mass is 383 g/mol. The Morgan fingerprint density at radius 2 is 2.00 bits per heavy atom. The van der Waals surface area contributed by atoms with Crippen LogP contribution in [0.2, 0.25) is 0 Å². The number of nitrogens with zero attached hydrogens (tertiary/aromatic N) is 3. The van der Waals surface area contributed by atoms with E-state index in [2.05, 4.69) is 10.2 Å². The fourth-order valence-corrected chi connectivity index (χ4v) is 3.56. The number of thioether (sulfide) groups is 1. The molecule has 0 bridgehead atoms. The van der Waals surface area contributed by atoms with E-state index in [9.17, 15) is 4.79 Å². The standard InChI is InChI=1S/C19H17N3O4S/c1-24-16-5-3-2-4-14(16)22-12-20-21-19(22)27-11-15(23)13-6-7-17-18(10-13)26-9-8-25-17/h2-7,10,12H,8-9,11H2,1H3. The number of Topliss-reactive ketones (excluding diaryl/α,β-unsaturated/α-hetero) is 1. The van der Waals surface area contributed by atoms with Crippen LogP contribution in [0, 0.1) is 0 Å². The molecule has 0 fully saturated rings. The normalized spacial score (nSPS) is 12.6. The van der Waals surface area contributed by atoms with Crippen LogP contribution in [-0.2, 0) is 0 Å². The summed E-state index contributed by atoms with van der Waals surface area (Å²) in [5.41, 5.74) is 1.40. The summed E-state index contributed by atoms with van der Waals surface area (Å²) in [5.74, 6) is 2.19. The van der Waals surface area contributed by atoms with Crippen LogP contribution >= 0.6 is 11.8 Å². The largest absolute Gasteiger partial charge is 0.495 e. The summed E-state index contributed by atoms with van der Waals surface area (Å²) < 4.78 is 18.2. The summed E-state index contributed by atoms with van der Waals surface area (Å²) >= 11 is 1.32. The zero-order chi connectivity index (χ0) is 18.6. The first kappa shape index (κ1) is 17.4. The quantitative estimate of drug-likeness (QED) is 0.478. The molecule has 0 saturated carbocycles. The van der Waals surface area contributed by atoms with Crippen molar-refractivity contribution in [2.45, 2.75) is 5.16 Å². The first-order valence-corrected chi connectivity index (χ1v) is 9.34. The molecule has 0 unspecified atom stereocenters. The third-order valence-electron chi connectivity index (χ3n) is 4.06. The summed E-state index contributed by atoms with van der Waals surface area (Å²) in [7, 11) is 1.61. The number of ketones is 1. The van der Waals surface area contributed by atoms with E-state index in [1.165, 1.54) is 11.8 Å². The topological polar surface area (TPSA) is 75.5 Å². The maximum atomic E-state index is 12.6. The minimum absolute atomic E-state index is 0.0217. The summed E-state index contributed by atoms with van der Waals surface area (Å²) in [4.78, 5) is 12.6. The number of carbonyl (C=O) groups is 1. The Bertz CT molecular complexity index is 973. The van der Waals surface area contributed by atoms with Gasteiger partial charge in [0.05, 0.1) is 18.6 Å². The first-order valence-electron chi connectivity index (χ1n) is 8.35. The van der Waals surface area contributed by atoms with Crippen molar-refractivity contribution < 1.29 is 19.0 Å². The van der Waals surface area contributed by atoms with Crippen LogP contribution in [0.3, 0.4) is 0 Å². The Hall–Kier alpha value is -3.00. The highest BCUT2D eigenvalue weighted by molar-refractivity contribution is 7.99. The van der Waals surface area contributed by atoms with Gasteiger partial charge in [0, 0.05) is 5.56 Å². The molecule has 8 heteroatoms. The lowest BCUT2D eigenvalue weighted by Gasteiger charge is -2.18. The van der Waals surface area contributed by atoms with E-state index < -0.39 is 0 Å². The number of fused-ring (bicyclic) bond motifs is 1. The van der Waals surface area contributed by atoms with E-state index in [0.717, 1.165) is 5.69 Å². The fraction of sp³-hybridized carbons (Fsp3) is 0.211. The third kappa shape index (κ3) is 3.61. The molecule has 0 aliphatic carbocycles. The molecule has 138 valence electrons. The van der Waals surface area contributed by atoms with Crippen LogP contribution in [0.5, 0.6) is 17.2 Å². The first-order chi connectivity index (χ1) is 13.3. The van der Waals surface area contributed by atoms with Gasteiger partial charge in [-0.1, -0.05) is 23.9 Å². The van der Waals surface area contributed by atoms with E-state index in [1.807, 2.05) is 24.3 Å². The van der Waals surface area contributed by atoms with Crippen LogP contribution in [0.4, 0.5) is 0 Å². The molecule has 3 aromatic rings. The third-order valence-corrected chi connectivity index (χ3v) is 5.00. The average Bonchev–Trinajstić information content (AvgIpc) is 3.20. The Morgan fingerprint density at radius 1 is 1.19 bits per heavy atom. The van der Waals surface area contributed by atoms with Crippen molar-refractivity contribution in [3.05, 3.63) is 54.4 Å². The summed E-state index contributed by atoms with van der Waals surface area (Å²) in [6.45, 7) is 1.01. The zero-order valence-electron chi connectivity index (χ0n) is 14.6. The Balaban J connectivity index is 1.50. The summed E-state index contributed by atoms with van der Waals surface area (Å²) in [6.07, 6.45) is 1.61. The van der Waals surface area contributed by atoms with Crippen molar-refractivity contribution in [1.29, 1.82) is 0 Å². The molecule has 2 heterocycles.